The largest absolute Gasteiger partial charge is 0.219 e. The van der Waals surface area contributed by atoms with Crippen molar-refractivity contribution < 1.29 is 0 Å². The van der Waals surface area contributed by atoms with Crippen LogP contribution in [0.4, 0.5) is 0 Å². The van der Waals surface area contributed by atoms with Crippen molar-refractivity contribution in [3.05, 3.63) is 0 Å². The zero-order chi connectivity index (χ0) is 13.4. The molecule has 0 radical (unpaired) electrons. The fourth-order valence-electron chi connectivity index (χ4n) is 3.80. The minimum Gasteiger partial charge on any atom is -0.219 e. The van der Waals surface area contributed by atoms with Crippen LogP contribution in [-0.4, -0.2) is 46.3 Å². The van der Waals surface area contributed by atoms with Gasteiger partial charge in [0.15, 0.2) is 0 Å². The third-order valence-corrected chi connectivity index (χ3v) is 11.6. The van der Waals surface area contributed by atoms with E-state index in [4.69, 9.17) is 0 Å². The van der Waals surface area contributed by atoms with Crippen LogP contribution in [0.5, 0.6) is 0 Å². The molecule has 4 atom stereocenters. The summed E-state index contributed by atoms with van der Waals surface area (Å²) < 4.78 is 5.34. The first-order valence-electron chi connectivity index (χ1n) is 7.47. The average Bonchev–Trinajstić information content (AvgIpc) is 2.81. The topological polar surface area (TPSA) is 6.48 Å². The molecule has 0 saturated carbocycles. The van der Waals surface area contributed by atoms with E-state index in [2.05, 4.69) is 51.3 Å². The summed E-state index contributed by atoms with van der Waals surface area (Å²) in [5.74, 6) is 0. The van der Waals surface area contributed by atoms with Crippen LogP contribution >= 0.6 is 16.1 Å². The highest BCUT2D eigenvalue weighted by atomic mass is 31.1. The third kappa shape index (κ3) is 2.78. The Kier molecular flexibility index (Phi) is 5.10. The van der Waals surface area contributed by atoms with Crippen LogP contribution in [0.25, 0.3) is 0 Å². The predicted octanol–water partition coefficient (Wildman–Crippen LogP) is 4.70. The Hall–Kier alpha value is 0.780. The van der Waals surface area contributed by atoms with Crippen LogP contribution in [0.1, 0.15) is 53.4 Å². The van der Waals surface area contributed by atoms with Crippen LogP contribution in [0.3, 0.4) is 0 Å². The Balaban J connectivity index is 2.06. The molecule has 0 aromatic rings. The van der Waals surface area contributed by atoms with E-state index in [0.29, 0.717) is 0 Å². The van der Waals surface area contributed by atoms with Gasteiger partial charge in [-0.25, -0.2) is 9.56 Å². The van der Waals surface area contributed by atoms with Gasteiger partial charge in [-0.05, 0) is 64.5 Å². The quantitative estimate of drug-likeness (QED) is 0.548. The molecule has 4 heteroatoms. The zero-order valence-corrected chi connectivity index (χ0v) is 14.7. The highest BCUT2D eigenvalue weighted by Crippen LogP contribution is 2.64. The molecule has 0 aromatic carbocycles. The van der Waals surface area contributed by atoms with Gasteiger partial charge in [0.1, 0.15) is 0 Å². The molecule has 2 nitrogen and oxygen atoms in total. The molecule has 0 spiro atoms. The van der Waals surface area contributed by atoms with Crippen molar-refractivity contribution in [2.75, 3.05) is 14.1 Å². The lowest BCUT2D eigenvalue weighted by atomic mass is 10.2. The summed E-state index contributed by atoms with van der Waals surface area (Å²) in [7, 11) is 4.84. The SMILES string of the molecule is CC1CCC(C)P1N(C)N(C)P1C(C)CCC1C. The maximum atomic E-state index is 2.67. The van der Waals surface area contributed by atoms with Crippen LogP contribution < -0.4 is 0 Å². The lowest BCUT2D eigenvalue weighted by Gasteiger charge is -2.43. The van der Waals surface area contributed by atoms with Crippen molar-refractivity contribution in [1.29, 1.82) is 0 Å². The minimum absolute atomic E-state index is 0.0531. The Morgan fingerprint density at radius 3 is 1.06 bits per heavy atom. The summed E-state index contributed by atoms with van der Waals surface area (Å²) in [6.07, 6.45) is 5.75. The smallest absolute Gasteiger partial charge is 0.00628 e. The zero-order valence-electron chi connectivity index (χ0n) is 12.9. The van der Waals surface area contributed by atoms with Crippen LogP contribution in [0.15, 0.2) is 0 Å². The molecule has 2 aliphatic rings. The first kappa shape index (κ1) is 15.2. The normalized spacial score (nSPS) is 45.3. The van der Waals surface area contributed by atoms with Gasteiger partial charge >= 0.3 is 0 Å². The fourth-order valence-corrected chi connectivity index (χ4v) is 10.6. The molecule has 2 rings (SSSR count). The van der Waals surface area contributed by atoms with E-state index in [0.717, 1.165) is 22.6 Å². The van der Waals surface area contributed by atoms with Gasteiger partial charge < -0.3 is 0 Å². The second-order valence-electron chi connectivity index (χ2n) is 6.29. The molecule has 0 aliphatic carbocycles. The van der Waals surface area contributed by atoms with Gasteiger partial charge in [-0.2, -0.15) is 0 Å². The Bertz CT molecular complexity index is 239. The number of nitrogens with zero attached hydrogens (tertiary/aromatic N) is 2. The lowest BCUT2D eigenvalue weighted by molar-refractivity contribution is 0.258. The molecule has 0 bridgehead atoms. The van der Waals surface area contributed by atoms with Gasteiger partial charge in [-0.1, -0.05) is 27.7 Å². The standard InChI is InChI=1S/C14H30N2P2/c1-11-7-8-12(2)17(11)15(5)16(6)18-13(3)9-10-14(18)4/h11-14H,7-10H2,1-6H3. The van der Waals surface area contributed by atoms with Crippen LogP contribution in [0, 0.1) is 0 Å². The van der Waals surface area contributed by atoms with Gasteiger partial charge in [0, 0.05) is 14.1 Å². The summed E-state index contributed by atoms with van der Waals surface area (Å²) in [5, 5.41) is 0. The first-order valence-corrected chi connectivity index (χ1v) is 10.3. The van der Waals surface area contributed by atoms with E-state index in [-0.39, 0.29) is 16.1 Å². The maximum absolute atomic E-state index is 2.67. The Labute approximate surface area is 116 Å². The molecular weight excluding hydrogens is 258 g/mol. The van der Waals surface area contributed by atoms with Crippen molar-refractivity contribution in [1.82, 2.24) is 9.56 Å². The molecule has 2 saturated heterocycles. The molecule has 0 amide bonds. The van der Waals surface area contributed by atoms with Gasteiger partial charge in [0.2, 0.25) is 0 Å². The van der Waals surface area contributed by atoms with Crippen molar-refractivity contribution in [2.45, 2.75) is 76.0 Å². The monoisotopic (exact) mass is 288 g/mol. The van der Waals surface area contributed by atoms with Gasteiger partial charge in [-0.3, -0.25) is 0 Å². The molecule has 106 valence electrons. The molecule has 2 aliphatic heterocycles. The van der Waals surface area contributed by atoms with E-state index in [1.54, 1.807) is 0 Å². The fraction of sp³-hybridized carbons (Fsp3) is 1.00. The third-order valence-electron chi connectivity index (χ3n) is 4.90. The summed E-state index contributed by atoms with van der Waals surface area (Å²) in [6.45, 7) is 9.87. The van der Waals surface area contributed by atoms with E-state index in [9.17, 15) is 0 Å². The number of hydrazine groups is 1. The molecule has 2 heterocycles. The molecule has 0 N–H and O–H groups in total. The highest BCUT2D eigenvalue weighted by Gasteiger charge is 2.40. The summed E-state index contributed by atoms with van der Waals surface area (Å²) in [4.78, 5) is 0. The molecular formula is C14H30N2P2. The van der Waals surface area contributed by atoms with E-state index in [1.165, 1.54) is 25.7 Å². The number of hydrogen-bond acceptors (Lipinski definition) is 2. The molecule has 4 unspecified atom stereocenters. The van der Waals surface area contributed by atoms with Gasteiger partial charge in [0.25, 0.3) is 0 Å². The van der Waals surface area contributed by atoms with E-state index < -0.39 is 0 Å². The molecule has 18 heavy (non-hydrogen) atoms. The van der Waals surface area contributed by atoms with Crippen LogP contribution in [-0.2, 0) is 0 Å². The van der Waals surface area contributed by atoms with E-state index >= 15 is 0 Å². The first-order chi connectivity index (χ1) is 8.43. The average molecular weight is 288 g/mol. The Morgan fingerprint density at radius 2 is 0.833 bits per heavy atom. The minimum atomic E-state index is 0.0531. The predicted molar refractivity (Wildman–Crippen MR) is 85.7 cm³/mol. The molecule has 0 aromatic heterocycles. The maximum Gasteiger partial charge on any atom is 0.00628 e. The lowest BCUT2D eigenvalue weighted by Crippen LogP contribution is -2.34. The molecule has 2 fully saturated rings. The Morgan fingerprint density at radius 1 is 0.611 bits per heavy atom. The van der Waals surface area contributed by atoms with Gasteiger partial charge in [0.05, 0.1) is 0 Å². The number of rotatable bonds is 3. The summed E-state index contributed by atoms with van der Waals surface area (Å²) in [6, 6.07) is 0. The highest BCUT2D eigenvalue weighted by molar-refractivity contribution is 7.60. The van der Waals surface area contributed by atoms with Crippen molar-refractivity contribution in [2.24, 2.45) is 0 Å². The second kappa shape index (κ2) is 6.04. The number of hydrogen-bond donors (Lipinski definition) is 0. The second-order valence-corrected chi connectivity index (χ2v) is 12.5. The van der Waals surface area contributed by atoms with E-state index in [1.807, 2.05) is 0 Å². The van der Waals surface area contributed by atoms with Crippen molar-refractivity contribution >= 4 is 16.1 Å². The van der Waals surface area contributed by atoms with Crippen LogP contribution in [0.2, 0.25) is 0 Å². The summed E-state index contributed by atoms with van der Waals surface area (Å²) in [5.41, 5.74) is 3.69. The van der Waals surface area contributed by atoms with Crippen molar-refractivity contribution in [3.63, 3.8) is 0 Å². The van der Waals surface area contributed by atoms with Crippen molar-refractivity contribution in [3.8, 4) is 0 Å². The van der Waals surface area contributed by atoms with Gasteiger partial charge in [-0.15, -0.1) is 0 Å². The summed E-state index contributed by atoms with van der Waals surface area (Å²) >= 11 is 0.